The second-order valence-corrected chi connectivity index (χ2v) is 4.73. The maximum atomic E-state index is 9.51. The molecule has 1 saturated carbocycles. The van der Waals surface area contributed by atoms with E-state index in [1.165, 1.54) is 12.8 Å². The molecule has 0 saturated heterocycles. The summed E-state index contributed by atoms with van der Waals surface area (Å²) in [7, 11) is 1.80. The summed E-state index contributed by atoms with van der Waals surface area (Å²) in [5, 5.41) is 15.7. The fourth-order valence-corrected chi connectivity index (χ4v) is 2.37. The standard InChI is InChI=1S/C12H20N4O/c1-13-11-14-7-4-10(16-11)15-8-12(9-17)5-2-3-6-12/h4,7,17H,2-3,5-6,8-9H2,1H3,(H2,13,14,15,16). The van der Waals surface area contributed by atoms with Crippen molar-refractivity contribution in [1.82, 2.24) is 9.97 Å². The van der Waals surface area contributed by atoms with Gasteiger partial charge in [-0.1, -0.05) is 12.8 Å². The van der Waals surface area contributed by atoms with Gasteiger partial charge in [0.05, 0.1) is 6.61 Å². The van der Waals surface area contributed by atoms with Crippen LogP contribution in [0, 0.1) is 5.41 Å². The highest BCUT2D eigenvalue weighted by Crippen LogP contribution is 2.37. The molecule has 94 valence electrons. The summed E-state index contributed by atoms with van der Waals surface area (Å²) in [5.74, 6) is 1.42. The zero-order chi connectivity index (χ0) is 12.1. The monoisotopic (exact) mass is 236 g/mol. The van der Waals surface area contributed by atoms with E-state index in [1.807, 2.05) is 6.07 Å². The number of hydrogen-bond acceptors (Lipinski definition) is 5. The summed E-state index contributed by atoms with van der Waals surface area (Å²) < 4.78 is 0. The van der Waals surface area contributed by atoms with Gasteiger partial charge in [0.25, 0.3) is 0 Å². The van der Waals surface area contributed by atoms with E-state index in [2.05, 4.69) is 20.6 Å². The van der Waals surface area contributed by atoms with Crippen LogP contribution >= 0.6 is 0 Å². The SMILES string of the molecule is CNc1nccc(NCC2(CO)CCCC2)n1. The number of aliphatic hydroxyl groups is 1. The Morgan fingerprint density at radius 2 is 2.18 bits per heavy atom. The van der Waals surface area contributed by atoms with Gasteiger partial charge in [-0.25, -0.2) is 4.98 Å². The van der Waals surface area contributed by atoms with Gasteiger partial charge in [0.1, 0.15) is 5.82 Å². The minimum Gasteiger partial charge on any atom is -0.396 e. The first-order valence-corrected chi connectivity index (χ1v) is 6.14. The molecule has 0 amide bonds. The van der Waals surface area contributed by atoms with Crippen LogP contribution in [0.4, 0.5) is 11.8 Å². The number of aromatic nitrogens is 2. The van der Waals surface area contributed by atoms with Crippen molar-refractivity contribution in [3.63, 3.8) is 0 Å². The van der Waals surface area contributed by atoms with E-state index in [0.29, 0.717) is 5.95 Å². The van der Waals surface area contributed by atoms with Crippen molar-refractivity contribution >= 4 is 11.8 Å². The Bertz CT molecular complexity index is 363. The molecule has 0 radical (unpaired) electrons. The zero-order valence-corrected chi connectivity index (χ0v) is 10.2. The largest absolute Gasteiger partial charge is 0.396 e. The van der Waals surface area contributed by atoms with Crippen LogP contribution in [0.15, 0.2) is 12.3 Å². The fourth-order valence-electron chi connectivity index (χ4n) is 2.37. The van der Waals surface area contributed by atoms with Gasteiger partial charge >= 0.3 is 0 Å². The van der Waals surface area contributed by atoms with Crippen LogP contribution in [-0.2, 0) is 0 Å². The van der Waals surface area contributed by atoms with E-state index >= 15 is 0 Å². The number of hydrogen-bond donors (Lipinski definition) is 3. The normalized spacial score (nSPS) is 18.0. The molecule has 0 atom stereocenters. The molecule has 0 aromatic carbocycles. The van der Waals surface area contributed by atoms with Gasteiger partial charge in [0, 0.05) is 25.2 Å². The lowest BCUT2D eigenvalue weighted by Gasteiger charge is -2.26. The molecule has 1 heterocycles. The summed E-state index contributed by atoms with van der Waals surface area (Å²) in [6.45, 7) is 1.04. The van der Waals surface area contributed by atoms with Crippen molar-refractivity contribution < 1.29 is 5.11 Å². The molecule has 1 aromatic rings. The lowest BCUT2D eigenvalue weighted by molar-refractivity contribution is 0.142. The Balaban J connectivity index is 1.96. The molecule has 17 heavy (non-hydrogen) atoms. The van der Waals surface area contributed by atoms with E-state index < -0.39 is 0 Å². The van der Waals surface area contributed by atoms with Gasteiger partial charge in [-0.15, -0.1) is 0 Å². The Kier molecular flexibility index (Phi) is 3.78. The Morgan fingerprint density at radius 3 is 2.82 bits per heavy atom. The predicted molar refractivity (Wildman–Crippen MR) is 68.1 cm³/mol. The smallest absolute Gasteiger partial charge is 0.224 e. The molecule has 0 spiro atoms. The van der Waals surface area contributed by atoms with E-state index in [0.717, 1.165) is 25.2 Å². The van der Waals surface area contributed by atoms with Crippen LogP contribution in [0.25, 0.3) is 0 Å². The highest BCUT2D eigenvalue weighted by molar-refractivity contribution is 5.39. The molecule has 5 heteroatoms. The molecular formula is C12H20N4O. The van der Waals surface area contributed by atoms with Crippen molar-refractivity contribution in [3.8, 4) is 0 Å². The van der Waals surface area contributed by atoms with Crippen molar-refractivity contribution in [1.29, 1.82) is 0 Å². The fraction of sp³-hybridized carbons (Fsp3) is 0.667. The van der Waals surface area contributed by atoms with Crippen molar-refractivity contribution in [2.45, 2.75) is 25.7 Å². The summed E-state index contributed by atoms with van der Waals surface area (Å²) in [6, 6.07) is 1.85. The molecule has 1 aliphatic rings. The second-order valence-electron chi connectivity index (χ2n) is 4.73. The highest BCUT2D eigenvalue weighted by Gasteiger charge is 2.32. The maximum Gasteiger partial charge on any atom is 0.224 e. The van der Waals surface area contributed by atoms with Crippen LogP contribution in [0.1, 0.15) is 25.7 Å². The highest BCUT2D eigenvalue weighted by atomic mass is 16.3. The average molecular weight is 236 g/mol. The van der Waals surface area contributed by atoms with Crippen molar-refractivity contribution in [2.24, 2.45) is 5.41 Å². The van der Waals surface area contributed by atoms with Crippen molar-refractivity contribution in [3.05, 3.63) is 12.3 Å². The second kappa shape index (κ2) is 5.31. The molecule has 3 N–H and O–H groups in total. The Morgan fingerprint density at radius 1 is 1.41 bits per heavy atom. The molecule has 5 nitrogen and oxygen atoms in total. The lowest BCUT2D eigenvalue weighted by atomic mass is 9.87. The maximum absolute atomic E-state index is 9.51. The number of rotatable bonds is 5. The number of nitrogens with zero attached hydrogens (tertiary/aromatic N) is 2. The van der Waals surface area contributed by atoms with Crippen LogP contribution in [0.3, 0.4) is 0 Å². The predicted octanol–water partition coefficient (Wildman–Crippen LogP) is 1.48. The van der Waals surface area contributed by atoms with Gasteiger partial charge < -0.3 is 15.7 Å². The topological polar surface area (TPSA) is 70.1 Å². The molecule has 0 bridgehead atoms. The third kappa shape index (κ3) is 2.85. The molecule has 1 fully saturated rings. The summed E-state index contributed by atoms with van der Waals surface area (Å²) in [5.41, 5.74) is 0.0464. The van der Waals surface area contributed by atoms with Gasteiger partial charge in [0.2, 0.25) is 5.95 Å². The van der Waals surface area contributed by atoms with Crippen LogP contribution < -0.4 is 10.6 Å². The van der Waals surface area contributed by atoms with Gasteiger partial charge in [-0.2, -0.15) is 4.98 Å². The summed E-state index contributed by atoms with van der Waals surface area (Å²) in [4.78, 5) is 8.37. The minimum absolute atomic E-state index is 0.0464. The average Bonchev–Trinajstić information content (AvgIpc) is 2.86. The lowest BCUT2D eigenvalue weighted by Crippen LogP contribution is -2.30. The molecule has 1 aromatic heterocycles. The number of aliphatic hydroxyl groups excluding tert-OH is 1. The van der Waals surface area contributed by atoms with Crippen LogP contribution in [0.5, 0.6) is 0 Å². The van der Waals surface area contributed by atoms with Gasteiger partial charge in [-0.05, 0) is 18.9 Å². The first-order chi connectivity index (χ1) is 8.28. The van der Waals surface area contributed by atoms with Gasteiger partial charge in [0.15, 0.2) is 0 Å². The third-order valence-corrected chi connectivity index (χ3v) is 3.52. The minimum atomic E-state index is 0.0464. The van der Waals surface area contributed by atoms with E-state index in [-0.39, 0.29) is 12.0 Å². The molecule has 1 aliphatic carbocycles. The van der Waals surface area contributed by atoms with E-state index in [4.69, 9.17) is 0 Å². The van der Waals surface area contributed by atoms with E-state index in [9.17, 15) is 5.11 Å². The Labute approximate surface area is 102 Å². The molecule has 0 unspecified atom stereocenters. The zero-order valence-electron chi connectivity index (χ0n) is 10.2. The molecule has 0 aliphatic heterocycles. The van der Waals surface area contributed by atoms with Crippen LogP contribution in [0.2, 0.25) is 0 Å². The summed E-state index contributed by atoms with van der Waals surface area (Å²) >= 11 is 0. The first-order valence-electron chi connectivity index (χ1n) is 6.14. The van der Waals surface area contributed by atoms with Crippen molar-refractivity contribution in [2.75, 3.05) is 30.8 Å². The molecule has 2 rings (SSSR count). The van der Waals surface area contributed by atoms with Gasteiger partial charge in [-0.3, -0.25) is 0 Å². The quantitative estimate of drug-likeness (QED) is 0.722. The van der Waals surface area contributed by atoms with Crippen LogP contribution in [-0.4, -0.2) is 35.3 Å². The first kappa shape index (κ1) is 12.1. The summed E-state index contributed by atoms with van der Waals surface area (Å²) in [6.07, 6.45) is 6.35. The number of nitrogens with one attached hydrogen (secondary N) is 2. The Hall–Kier alpha value is -1.36. The van der Waals surface area contributed by atoms with E-state index in [1.54, 1.807) is 13.2 Å². The number of anilines is 2. The third-order valence-electron chi connectivity index (χ3n) is 3.52. The molecular weight excluding hydrogens is 216 g/mol.